The van der Waals surface area contributed by atoms with Crippen LogP contribution in [0.25, 0.3) is 0 Å². The Morgan fingerprint density at radius 1 is 0.690 bits per heavy atom. The molecule has 0 aliphatic rings. The molecule has 1 atom stereocenters. The van der Waals surface area contributed by atoms with Crippen LogP contribution in [0.5, 0.6) is 0 Å². The second kappa shape index (κ2) is 30.0. The highest BCUT2D eigenvalue weighted by atomic mass is 31.2. The molecule has 0 aromatic heterocycles. The van der Waals surface area contributed by atoms with Gasteiger partial charge in [0.2, 0.25) is 5.91 Å². The summed E-state index contributed by atoms with van der Waals surface area (Å²) < 4.78 is 31.9. The quantitative estimate of drug-likeness (QED) is 0.0304. The molecule has 0 heterocycles. The van der Waals surface area contributed by atoms with Gasteiger partial charge < -0.3 is 29.3 Å². The van der Waals surface area contributed by atoms with Crippen molar-refractivity contribution in [3.8, 4) is 0 Å². The van der Waals surface area contributed by atoms with Crippen molar-refractivity contribution in [2.24, 2.45) is 0 Å². The van der Waals surface area contributed by atoms with Crippen molar-refractivity contribution in [3.63, 3.8) is 0 Å². The molecule has 250 valence electrons. The second-order valence-corrected chi connectivity index (χ2v) is 12.5. The lowest BCUT2D eigenvalue weighted by molar-refractivity contribution is -0.158. The van der Waals surface area contributed by atoms with E-state index in [9.17, 15) is 14.2 Å². The first-order valence-electron chi connectivity index (χ1n) is 16.5. The van der Waals surface area contributed by atoms with Crippen LogP contribution in [0.2, 0.25) is 0 Å². The van der Waals surface area contributed by atoms with E-state index in [0.29, 0.717) is 6.61 Å². The molecule has 42 heavy (non-hydrogen) atoms. The van der Waals surface area contributed by atoms with Gasteiger partial charge in [0.1, 0.15) is 12.9 Å². The average molecular weight is 624 g/mol. The van der Waals surface area contributed by atoms with Gasteiger partial charge in [-0.3, -0.25) is 14.1 Å². The third kappa shape index (κ3) is 33.5. The van der Waals surface area contributed by atoms with E-state index in [1.807, 2.05) is 0 Å². The lowest BCUT2D eigenvalue weighted by Gasteiger charge is -2.18. The summed E-state index contributed by atoms with van der Waals surface area (Å²) >= 11 is 0. The van der Waals surface area contributed by atoms with Crippen LogP contribution in [0, 0.1) is 0 Å². The van der Waals surface area contributed by atoms with E-state index in [4.69, 9.17) is 24.0 Å². The molecule has 0 bridgehead atoms. The Hall–Kier alpha value is -1.03. The van der Waals surface area contributed by atoms with E-state index in [0.717, 1.165) is 45.1 Å². The number of phosphoric acid groups is 1. The first-order valence-corrected chi connectivity index (χ1v) is 18.1. The Balaban J connectivity index is 3.76. The van der Waals surface area contributed by atoms with E-state index in [1.165, 1.54) is 89.9 Å². The number of hydrogen-bond acceptors (Lipinski definition) is 7. The Morgan fingerprint density at radius 2 is 1.19 bits per heavy atom. The lowest BCUT2D eigenvalue weighted by Crippen LogP contribution is -2.28. The number of carbonyl (C=O) groups excluding carboxylic acids is 2. The SMILES string of the molecule is CCCCCCCCCCCC(=O)O[C@@H](COCOCCCCCCCCCCCCCNC(C)=O)COP(=O)(O)O. The van der Waals surface area contributed by atoms with E-state index < -0.39 is 26.5 Å². The number of phosphoric ester groups is 1. The predicted molar refractivity (Wildman–Crippen MR) is 166 cm³/mol. The highest BCUT2D eigenvalue weighted by Gasteiger charge is 2.21. The third-order valence-corrected chi connectivity index (χ3v) is 7.51. The summed E-state index contributed by atoms with van der Waals surface area (Å²) in [5.41, 5.74) is 0. The molecule has 0 rings (SSSR count). The Morgan fingerprint density at radius 3 is 1.71 bits per heavy atom. The zero-order valence-electron chi connectivity index (χ0n) is 26.7. The molecule has 0 radical (unpaired) electrons. The van der Waals surface area contributed by atoms with Gasteiger partial charge in [-0.2, -0.15) is 0 Å². The fraction of sp³-hybridized carbons (Fsp3) is 0.935. The van der Waals surface area contributed by atoms with Gasteiger partial charge in [0.15, 0.2) is 0 Å². The highest BCUT2D eigenvalue weighted by molar-refractivity contribution is 7.46. The molecule has 1 amide bonds. The van der Waals surface area contributed by atoms with Crippen molar-refractivity contribution in [2.45, 2.75) is 155 Å². The Kier molecular flexibility index (Phi) is 29.3. The van der Waals surface area contributed by atoms with Crippen molar-refractivity contribution in [2.75, 3.05) is 33.2 Å². The predicted octanol–water partition coefficient (Wildman–Crippen LogP) is 7.35. The van der Waals surface area contributed by atoms with Crippen molar-refractivity contribution in [1.29, 1.82) is 0 Å². The van der Waals surface area contributed by atoms with Crippen LogP contribution in [0.4, 0.5) is 0 Å². The first kappa shape index (κ1) is 41.0. The number of hydrogen-bond donors (Lipinski definition) is 3. The summed E-state index contributed by atoms with van der Waals surface area (Å²) in [6.07, 6.45) is 22.6. The fourth-order valence-electron chi connectivity index (χ4n) is 4.60. The molecular formula is C31H62NO9P. The molecule has 11 heteroatoms. The van der Waals surface area contributed by atoms with Gasteiger partial charge in [0.05, 0.1) is 13.2 Å². The molecule has 0 aliphatic carbocycles. The van der Waals surface area contributed by atoms with Gasteiger partial charge >= 0.3 is 13.8 Å². The number of unbranched alkanes of at least 4 members (excludes halogenated alkanes) is 18. The molecule has 0 fully saturated rings. The molecule has 0 saturated heterocycles. The summed E-state index contributed by atoms with van der Waals surface area (Å²) in [6.45, 7) is 4.64. The number of amides is 1. The van der Waals surface area contributed by atoms with Gasteiger partial charge in [-0.15, -0.1) is 0 Å². The molecule has 0 spiro atoms. The standard InChI is InChI=1S/C31H62NO9P/c1-3-4-5-6-7-11-14-17-20-23-31(34)41-30(27-40-42(35,36)37)26-39-28-38-25-22-19-16-13-10-8-9-12-15-18-21-24-32-29(2)33/h30H,3-28H2,1-2H3,(H,32,33)(H2,35,36,37)/t30-/m0/s1. The highest BCUT2D eigenvalue weighted by Crippen LogP contribution is 2.35. The second-order valence-electron chi connectivity index (χ2n) is 11.2. The zero-order valence-corrected chi connectivity index (χ0v) is 27.6. The molecular weight excluding hydrogens is 561 g/mol. The smallest absolute Gasteiger partial charge is 0.457 e. The van der Waals surface area contributed by atoms with Gasteiger partial charge in [-0.05, 0) is 19.3 Å². The molecule has 0 aromatic rings. The molecule has 0 aromatic carbocycles. The number of esters is 1. The minimum atomic E-state index is -4.68. The maximum Gasteiger partial charge on any atom is 0.469 e. The minimum absolute atomic E-state index is 0.0209. The third-order valence-electron chi connectivity index (χ3n) is 7.02. The van der Waals surface area contributed by atoms with Crippen LogP contribution in [0.15, 0.2) is 0 Å². The molecule has 10 nitrogen and oxygen atoms in total. The van der Waals surface area contributed by atoms with Gasteiger partial charge in [0.25, 0.3) is 0 Å². The van der Waals surface area contributed by atoms with Crippen molar-refractivity contribution in [3.05, 3.63) is 0 Å². The number of ether oxygens (including phenoxy) is 3. The zero-order chi connectivity index (χ0) is 31.2. The van der Waals surface area contributed by atoms with Crippen LogP contribution in [-0.2, 0) is 32.9 Å². The molecule has 0 saturated carbocycles. The Bertz CT molecular complexity index is 675. The number of nitrogens with one attached hydrogen (secondary N) is 1. The van der Waals surface area contributed by atoms with Crippen LogP contribution >= 0.6 is 7.82 Å². The number of carbonyl (C=O) groups is 2. The number of rotatable bonds is 32. The Labute approximate surface area is 255 Å². The molecule has 0 aliphatic heterocycles. The summed E-state index contributed by atoms with van der Waals surface area (Å²) in [6, 6.07) is 0. The van der Waals surface area contributed by atoms with Crippen molar-refractivity contribution < 1.29 is 42.7 Å². The summed E-state index contributed by atoms with van der Waals surface area (Å²) in [7, 11) is -4.68. The lowest BCUT2D eigenvalue weighted by atomic mass is 10.1. The van der Waals surface area contributed by atoms with Crippen LogP contribution in [0.3, 0.4) is 0 Å². The summed E-state index contributed by atoms with van der Waals surface area (Å²) in [5.74, 6) is -0.369. The minimum Gasteiger partial charge on any atom is -0.457 e. The van der Waals surface area contributed by atoms with Gasteiger partial charge in [-0.25, -0.2) is 4.57 Å². The monoisotopic (exact) mass is 623 g/mol. The maximum absolute atomic E-state index is 12.2. The normalized spacial score (nSPS) is 12.4. The van der Waals surface area contributed by atoms with E-state index in [-0.39, 0.29) is 25.7 Å². The largest absolute Gasteiger partial charge is 0.469 e. The van der Waals surface area contributed by atoms with E-state index >= 15 is 0 Å². The summed E-state index contributed by atoms with van der Waals surface area (Å²) in [5, 5.41) is 2.83. The summed E-state index contributed by atoms with van der Waals surface area (Å²) in [4.78, 5) is 41.0. The molecule has 0 unspecified atom stereocenters. The van der Waals surface area contributed by atoms with E-state index in [2.05, 4.69) is 16.8 Å². The van der Waals surface area contributed by atoms with Crippen molar-refractivity contribution in [1.82, 2.24) is 5.32 Å². The molecule has 3 N–H and O–H groups in total. The van der Waals surface area contributed by atoms with Gasteiger partial charge in [-0.1, -0.05) is 116 Å². The topological polar surface area (TPSA) is 141 Å². The van der Waals surface area contributed by atoms with Crippen LogP contribution in [-0.4, -0.2) is 60.9 Å². The van der Waals surface area contributed by atoms with Gasteiger partial charge in [0, 0.05) is 26.5 Å². The fourth-order valence-corrected chi connectivity index (χ4v) is 4.96. The van der Waals surface area contributed by atoms with Crippen molar-refractivity contribution >= 4 is 19.7 Å². The van der Waals surface area contributed by atoms with Crippen LogP contribution < -0.4 is 5.32 Å². The van der Waals surface area contributed by atoms with Crippen LogP contribution in [0.1, 0.15) is 149 Å². The maximum atomic E-state index is 12.2. The first-order chi connectivity index (χ1) is 20.2. The average Bonchev–Trinajstić information content (AvgIpc) is 2.93. The van der Waals surface area contributed by atoms with E-state index in [1.54, 1.807) is 6.92 Å².